The molecule has 1 amide bonds. The van der Waals surface area contributed by atoms with Gasteiger partial charge in [0.2, 0.25) is 15.9 Å². The molecule has 1 unspecified atom stereocenters. The predicted molar refractivity (Wildman–Crippen MR) is 86.0 cm³/mol. The zero-order valence-electron chi connectivity index (χ0n) is 13.7. The fourth-order valence-corrected chi connectivity index (χ4v) is 3.41. The Bertz CT molecular complexity index is 675. The minimum absolute atomic E-state index is 0.0894. The lowest BCUT2D eigenvalue weighted by Gasteiger charge is -2.25. The summed E-state index contributed by atoms with van der Waals surface area (Å²) in [5, 5.41) is 2.20. The number of nitrogens with one attached hydrogen (secondary N) is 1. The van der Waals surface area contributed by atoms with E-state index in [1.807, 2.05) is 6.92 Å². The Labute approximate surface area is 139 Å². The van der Waals surface area contributed by atoms with Gasteiger partial charge in [0, 0.05) is 19.0 Å². The van der Waals surface area contributed by atoms with Crippen molar-refractivity contribution in [1.29, 1.82) is 0 Å². The number of benzene rings is 1. The number of hydrogen-bond donors (Lipinski definition) is 1. The summed E-state index contributed by atoms with van der Waals surface area (Å²) < 4.78 is 63.3. The van der Waals surface area contributed by atoms with Gasteiger partial charge in [-0.2, -0.15) is 17.5 Å². The number of halogens is 3. The van der Waals surface area contributed by atoms with E-state index in [9.17, 15) is 26.4 Å². The van der Waals surface area contributed by atoms with E-state index in [1.165, 1.54) is 16.4 Å². The van der Waals surface area contributed by atoms with Gasteiger partial charge in [0.05, 0.1) is 17.5 Å². The summed E-state index contributed by atoms with van der Waals surface area (Å²) in [4.78, 5) is 11.9. The molecule has 5 nitrogen and oxygen atoms in total. The molecule has 9 heteroatoms. The van der Waals surface area contributed by atoms with Crippen LogP contribution in [0, 0.1) is 0 Å². The number of amides is 1. The third-order valence-electron chi connectivity index (χ3n) is 3.57. The Kier molecular flexibility index (Phi) is 6.79. The standard InChI is InChI=1S/C15H21F3N2O3S/c1-4-11(2)20(24(3,22)23)10-9-14(21)19-13-8-6-5-7-12(13)15(16,17)18/h5-8,11H,4,9-10H2,1-3H3,(H,19,21). The second kappa shape index (κ2) is 7.98. The van der Waals surface area contributed by atoms with E-state index in [-0.39, 0.29) is 24.7 Å². The number of carbonyl (C=O) groups is 1. The van der Waals surface area contributed by atoms with Crippen molar-refractivity contribution >= 4 is 21.6 Å². The second-order valence-electron chi connectivity index (χ2n) is 5.47. The molecule has 24 heavy (non-hydrogen) atoms. The van der Waals surface area contributed by atoms with E-state index in [1.54, 1.807) is 6.92 Å². The normalized spacial score (nSPS) is 13.8. The fourth-order valence-electron chi connectivity index (χ4n) is 2.18. The molecule has 0 saturated heterocycles. The first-order valence-electron chi connectivity index (χ1n) is 7.39. The maximum atomic E-state index is 12.9. The van der Waals surface area contributed by atoms with Crippen molar-refractivity contribution in [3.63, 3.8) is 0 Å². The van der Waals surface area contributed by atoms with Crippen LogP contribution in [0.5, 0.6) is 0 Å². The summed E-state index contributed by atoms with van der Waals surface area (Å²) in [6.07, 6.45) is -3.22. The molecule has 0 heterocycles. The first-order chi connectivity index (χ1) is 11.0. The zero-order valence-corrected chi connectivity index (χ0v) is 14.5. The molecule has 0 aliphatic carbocycles. The molecule has 0 spiro atoms. The van der Waals surface area contributed by atoms with Crippen molar-refractivity contribution in [1.82, 2.24) is 4.31 Å². The molecule has 0 aliphatic heterocycles. The van der Waals surface area contributed by atoms with Crippen molar-refractivity contribution in [2.45, 2.75) is 38.9 Å². The predicted octanol–water partition coefficient (Wildman–Crippen LogP) is 3.09. The van der Waals surface area contributed by atoms with Crippen LogP contribution in [0.1, 0.15) is 32.3 Å². The molecule has 136 valence electrons. The van der Waals surface area contributed by atoms with Crippen molar-refractivity contribution in [3.8, 4) is 0 Å². The zero-order chi connectivity index (χ0) is 18.5. The van der Waals surface area contributed by atoms with Crippen molar-refractivity contribution in [3.05, 3.63) is 29.8 Å². The smallest absolute Gasteiger partial charge is 0.325 e. The summed E-state index contributed by atoms with van der Waals surface area (Å²) in [6.45, 7) is 3.42. The van der Waals surface area contributed by atoms with Gasteiger partial charge in [-0.3, -0.25) is 4.79 Å². The van der Waals surface area contributed by atoms with Crippen molar-refractivity contribution in [2.24, 2.45) is 0 Å². The van der Waals surface area contributed by atoms with Gasteiger partial charge in [-0.1, -0.05) is 19.1 Å². The van der Waals surface area contributed by atoms with E-state index >= 15 is 0 Å². The van der Waals surface area contributed by atoms with Gasteiger partial charge in [-0.15, -0.1) is 0 Å². The number of nitrogens with zero attached hydrogens (tertiary/aromatic N) is 1. The highest BCUT2D eigenvalue weighted by molar-refractivity contribution is 7.88. The van der Waals surface area contributed by atoms with Crippen LogP contribution in [0.2, 0.25) is 0 Å². The number of anilines is 1. The van der Waals surface area contributed by atoms with Gasteiger partial charge < -0.3 is 5.32 Å². The second-order valence-corrected chi connectivity index (χ2v) is 7.41. The molecule has 1 rings (SSSR count). The van der Waals surface area contributed by atoms with Crippen LogP contribution >= 0.6 is 0 Å². The van der Waals surface area contributed by atoms with Gasteiger partial charge in [0.15, 0.2) is 0 Å². The minimum atomic E-state index is -4.58. The Morgan fingerprint density at radius 3 is 2.38 bits per heavy atom. The molecule has 0 aliphatic rings. The summed E-state index contributed by atoms with van der Waals surface area (Å²) in [6, 6.07) is 4.34. The molecule has 0 saturated carbocycles. The van der Waals surface area contributed by atoms with Gasteiger partial charge in [-0.25, -0.2) is 8.42 Å². The molecule has 1 N–H and O–H groups in total. The van der Waals surface area contributed by atoms with Gasteiger partial charge in [-0.05, 0) is 25.5 Å². The lowest BCUT2D eigenvalue weighted by molar-refractivity contribution is -0.137. The minimum Gasteiger partial charge on any atom is -0.325 e. The Hall–Kier alpha value is -1.61. The van der Waals surface area contributed by atoms with E-state index in [0.717, 1.165) is 18.4 Å². The van der Waals surface area contributed by atoms with E-state index < -0.39 is 27.7 Å². The third kappa shape index (κ3) is 5.79. The van der Waals surface area contributed by atoms with Crippen LogP contribution in [0.25, 0.3) is 0 Å². The number of alkyl halides is 3. The van der Waals surface area contributed by atoms with Gasteiger partial charge in [0.25, 0.3) is 0 Å². The summed E-state index contributed by atoms with van der Waals surface area (Å²) in [5.74, 6) is -0.677. The Morgan fingerprint density at radius 1 is 1.29 bits per heavy atom. The average Bonchev–Trinajstić information content (AvgIpc) is 2.45. The van der Waals surface area contributed by atoms with Crippen molar-refractivity contribution < 1.29 is 26.4 Å². The monoisotopic (exact) mass is 366 g/mol. The summed E-state index contributed by atoms with van der Waals surface area (Å²) in [7, 11) is -3.50. The number of sulfonamides is 1. The first kappa shape index (κ1) is 20.4. The van der Waals surface area contributed by atoms with Crippen LogP contribution in [0.3, 0.4) is 0 Å². The van der Waals surface area contributed by atoms with Crippen LogP contribution in [0.4, 0.5) is 18.9 Å². The molecule has 0 bridgehead atoms. The maximum Gasteiger partial charge on any atom is 0.418 e. The SMILES string of the molecule is CCC(C)N(CCC(=O)Nc1ccccc1C(F)(F)F)S(C)(=O)=O. The Balaban J connectivity index is 2.81. The summed E-state index contributed by atoms with van der Waals surface area (Å²) >= 11 is 0. The molecular weight excluding hydrogens is 345 g/mol. The third-order valence-corrected chi connectivity index (χ3v) is 4.97. The number of para-hydroxylation sites is 1. The maximum absolute atomic E-state index is 12.9. The summed E-state index contributed by atoms with van der Waals surface area (Å²) in [5.41, 5.74) is -1.29. The van der Waals surface area contributed by atoms with Crippen LogP contribution in [-0.4, -0.2) is 37.5 Å². The number of rotatable bonds is 7. The largest absolute Gasteiger partial charge is 0.418 e. The molecule has 0 aromatic heterocycles. The quantitative estimate of drug-likeness (QED) is 0.806. The highest BCUT2D eigenvalue weighted by Gasteiger charge is 2.33. The molecule has 0 fully saturated rings. The molecule has 1 aromatic carbocycles. The lowest BCUT2D eigenvalue weighted by atomic mass is 10.1. The highest BCUT2D eigenvalue weighted by Crippen LogP contribution is 2.34. The van der Waals surface area contributed by atoms with Crippen LogP contribution < -0.4 is 5.32 Å². The van der Waals surface area contributed by atoms with Gasteiger partial charge in [0.1, 0.15) is 0 Å². The van der Waals surface area contributed by atoms with E-state index in [0.29, 0.717) is 6.42 Å². The topological polar surface area (TPSA) is 66.5 Å². The molecule has 1 aromatic rings. The number of carbonyl (C=O) groups excluding carboxylic acids is 1. The van der Waals surface area contributed by atoms with Gasteiger partial charge >= 0.3 is 6.18 Å². The van der Waals surface area contributed by atoms with Crippen LogP contribution in [0.15, 0.2) is 24.3 Å². The first-order valence-corrected chi connectivity index (χ1v) is 9.24. The number of hydrogen-bond acceptors (Lipinski definition) is 3. The molecule has 0 radical (unpaired) electrons. The van der Waals surface area contributed by atoms with Crippen LogP contribution in [-0.2, 0) is 21.0 Å². The Morgan fingerprint density at radius 2 is 1.88 bits per heavy atom. The highest BCUT2D eigenvalue weighted by atomic mass is 32.2. The van der Waals surface area contributed by atoms with Crippen molar-refractivity contribution in [2.75, 3.05) is 18.1 Å². The molecule has 1 atom stereocenters. The van der Waals surface area contributed by atoms with E-state index in [2.05, 4.69) is 5.32 Å². The lowest BCUT2D eigenvalue weighted by Crippen LogP contribution is -2.39. The molecular formula is C15H21F3N2O3S. The van der Waals surface area contributed by atoms with E-state index in [4.69, 9.17) is 0 Å². The fraction of sp³-hybridized carbons (Fsp3) is 0.533. The average molecular weight is 366 g/mol.